The molecule has 1 aromatic carbocycles. The Hall–Kier alpha value is -1.48. The third-order valence-electron chi connectivity index (χ3n) is 2.29. The minimum Gasteiger partial charge on any atom is -0.228 e. The van der Waals surface area contributed by atoms with Crippen LogP contribution < -0.4 is 0 Å². The number of hydrogen-bond donors (Lipinski definition) is 0. The summed E-state index contributed by atoms with van der Waals surface area (Å²) in [7, 11) is 0. The van der Waals surface area contributed by atoms with Crippen molar-refractivity contribution in [3.63, 3.8) is 0 Å². The number of aryl methyl sites for hydroxylation is 1. The molecule has 0 aliphatic heterocycles. The van der Waals surface area contributed by atoms with Crippen LogP contribution in [0.25, 0.3) is 11.1 Å². The zero-order chi connectivity index (χ0) is 11.7. The molecule has 0 saturated heterocycles. The number of hydrogen-bond acceptors (Lipinski definition) is 1. The number of nitrogens with zero attached hydrogens (tertiary/aromatic N) is 1. The molecule has 0 aliphatic carbocycles. The number of pyridine rings is 1. The SMILES string of the molecule is Cc1cc(Cl)c(-c2ccc(F)nc2)cc1F. The van der Waals surface area contributed by atoms with Crippen LogP contribution in [0.1, 0.15) is 5.56 Å². The molecule has 0 radical (unpaired) electrons. The predicted molar refractivity (Wildman–Crippen MR) is 59.3 cm³/mol. The topological polar surface area (TPSA) is 12.9 Å². The molecular weight excluding hydrogens is 232 g/mol. The first-order valence-electron chi connectivity index (χ1n) is 4.65. The maximum Gasteiger partial charge on any atom is 0.212 e. The van der Waals surface area contributed by atoms with E-state index in [2.05, 4.69) is 4.98 Å². The van der Waals surface area contributed by atoms with Gasteiger partial charge in [0.1, 0.15) is 5.82 Å². The van der Waals surface area contributed by atoms with Gasteiger partial charge in [-0.3, -0.25) is 0 Å². The first-order valence-corrected chi connectivity index (χ1v) is 5.03. The Labute approximate surface area is 96.7 Å². The quantitative estimate of drug-likeness (QED) is 0.686. The van der Waals surface area contributed by atoms with Gasteiger partial charge < -0.3 is 0 Å². The molecule has 1 nitrogen and oxygen atoms in total. The van der Waals surface area contributed by atoms with Crippen molar-refractivity contribution in [3.05, 3.63) is 52.8 Å². The van der Waals surface area contributed by atoms with Crippen molar-refractivity contribution in [2.75, 3.05) is 0 Å². The van der Waals surface area contributed by atoms with Gasteiger partial charge in [0.05, 0.1) is 0 Å². The van der Waals surface area contributed by atoms with E-state index in [0.717, 1.165) is 0 Å². The first kappa shape index (κ1) is 11.0. The molecular formula is C12H8ClF2N. The molecule has 82 valence electrons. The lowest BCUT2D eigenvalue weighted by Gasteiger charge is -2.06. The molecule has 2 aromatic rings. The fourth-order valence-corrected chi connectivity index (χ4v) is 1.73. The Balaban J connectivity index is 2.56. The fourth-order valence-electron chi connectivity index (χ4n) is 1.40. The molecule has 4 heteroatoms. The summed E-state index contributed by atoms with van der Waals surface area (Å²) in [4.78, 5) is 3.50. The van der Waals surface area contributed by atoms with Gasteiger partial charge in [-0.05, 0) is 36.8 Å². The standard InChI is InChI=1S/C12H8ClF2N/c1-7-4-10(13)9(5-11(7)14)8-2-3-12(15)16-6-8/h2-6H,1H3. The van der Waals surface area contributed by atoms with Gasteiger partial charge in [0.15, 0.2) is 0 Å². The third-order valence-corrected chi connectivity index (χ3v) is 2.60. The maximum absolute atomic E-state index is 13.4. The highest BCUT2D eigenvalue weighted by molar-refractivity contribution is 6.33. The van der Waals surface area contributed by atoms with Crippen LogP contribution in [0.3, 0.4) is 0 Å². The Morgan fingerprint density at radius 1 is 1.19 bits per heavy atom. The second-order valence-corrected chi connectivity index (χ2v) is 3.86. The van der Waals surface area contributed by atoms with Crippen molar-refractivity contribution in [3.8, 4) is 11.1 Å². The van der Waals surface area contributed by atoms with Gasteiger partial charge >= 0.3 is 0 Å². The lowest BCUT2D eigenvalue weighted by molar-refractivity contribution is 0.584. The molecule has 0 amide bonds. The van der Waals surface area contributed by atoms with E-state index in [1.165, 1.54) is 30.5 Å². The zero-order valence-electron chi connectivity index (χ0n) is 8.47. The van der Waals surface area contributed by atoms with E-state index in [-0.39, 0.29) is 5.82 Å². The van der Waals surface area contributed by atoms with E-state index in [0.29, 0.717) is 21.7 Å². The van der Waals surface area contributed by atoms with Crippen molar-refractivity contribution < 1.29 is 8.78 Å². The van der Waals surface area contributed by atoms with Crippen LogP contribution >= 0.6 is 11.6 Å². The van der Waals surface area contributed by atoms with Crippen molar-refractivity contribution in [2.24, 2.45) is 0 Å². The van der Waals surface area contributed by atoms with Gasteiger partial charge in [0.25, 0.3) is 0 Å². The summed E-state index contributed by atoms with van der Waals surface area (Å²) >= 11 is 5.99. The summed E-state index contributed by atoms with van der Waals surface area (Å²) in [5.41, 5.74) is 1.58. The molecule has 0 bridgehead atoms. The molecule has 0 atom stereocenters. The number of halogens is 3. The van der Waals surface area contributed by atoms with E-state index < -0.39 is 5.95 Å². The average Bonchev–Trinajstić information content (AvgIpc) is 2.25. The van der Waals surface area contributed by atoms with Gasteiger partial charge in [-0.2, -0.15) is 4.39 Å². The minimum atomic E-state index is -0.576. The molecule has 0 unspecified atom stereocenters. The van der Waals surface area contributed by atoms with Crippen LogP contribution in [0.4, 0.5) is 8.78 Å². The van der Waals surface area contributed by atoms with E-state index in [1.807, 2.05) is 0 Å². The minimum absolute atomic E-state index is 0.344. The second kappa shape index (κ2) is 4.18. The average molecular weight is 240 g/mol. The van der Waals surface area contributed by atoms with Gasteiger partial charge in [-0.25, -0.2) is 9.37 Å². The second-order valence-electron chi connectivity index (χ2n) is 3.45. The summed E-state index contributed by atoms with van der Waals surface area (Å²) in [5, 5.41) is 0.423. The van der Waals surface area contributed by atoms with E-state index in [4.69, 9.17) is 11.6 Å². The van der Waals surface area contributed by atoms with Gasteiger partial charge in [0.2, 0.25) is 5.95 Å². The Morgan fingerprint density at radius 3 is 2.56 bits per heavy atom. The number of rotatable bonds is 1. The Bertz CT molecular complexity index is 523. The molecule has 0 N–H and O–H groups in total. The van der Waals surface area contributed by atoms with Crippen LogP contribution in [0, 0.1) is 18.7 Å². The largest absolute Gasteiger partial charge is 0.228 e. The normalized spacial score (nSPS) is 10.5. The summed E-state index contributed by atoms with van der Waals surface area (Å²) in [6, 6.07) is 5.59. The third kappa shape index (κ3) is 2.04. The van der Waals surface area contributed by atoms with Gasteiger partial charge in [0, 0.05) is 22.3 Å². The van der Waals surface area contributed by atoms with E-state index in [9.17, 15) is 8.78 Å². The zero-order valence-corrected chi connectivity index (χ0v) is 9.22. The molecule has 0 saturated carbocycles. The maximum atomic E-state index is 13.4. The van der Waals surface area contributed by atoms with E-state index in [1.54, 1.807) is 6.92 Å². The molecule has 2 rings (SSSR count). The van der Waals surface area contributed by atoms with Crippen LogP contribution in [-0.2, 0) is 0 Å². The monoisotopic (exact) mass is 239 g/mol. The lowest BCUT2D eigenvalue weighted by Crippen LogP contribution is -1.88. The Morgan fingerprint density at radius 2 is 1.94 bits per heavy atom. The molecule has 1 aromatic heterocycles. The lowest BCUT2D eigenvalue weighted by atomic mass is 10.1. The summed E-state index contributed by atoms with van der Waals surface area (Å²) in [5.74, 6) is -0.920. The predicted octanol–water partition coefficient (Wildman–Crippen LogP) is 3.99. The molecule has 0 spiro atoms. The highest BCUT2D eigenvalue weighted by Crippen LogP contribution is 2.29. The number of aromatic nitrogens is 1. The van der Waals surface area contributed by atoms with E-state index >= 15 is 0 Å². The van der Waals surface area contributed by atoms with Crippen LogP contribution in [0.2, 0.25) is 5.02 Å². The van der Waals surface area contributed by atoms with Gasteiger partial charge in [-0.15, -0.1) is 0 Å². The summed E-state index contributed by atoms with van der Waals surface area (Å²) in [6.07, 6.45) is 1.32. The molecule has 0 fully saturated rings. The van der Waals surface area contributed by atoms with Crippen molar-refractivity contribution in [1.29, 1.82) is 0 Å². The Kier molecular flexibility index (Phi) is 2.88. The number of benzene rings is 1. The fraction of sp³-hybridized carbons (Fsp3) is 0.0833. The molecule has 1 heterocycles. The smallest absolute Gasteiger partial charge is 0.212 e. The van der Waals surface area contributed by atoms with Crippen LogP contribution in [-0.4, -0.2) is 4.98 Å². The highest BCUT2D eigenvalue weighted by atomic mass is 35.5. The summed E-state index contributed by atoms with van der Waals surface area (Å²) < 4.78 is 26.0. The van der Waals surface area contributed by atoms with Crippen molar-refractivity contribution >= 4 is 11.6 Å². The molecule has 0 aliphatic rings. The van der Waals surface area contributed by atoms with Crippen molar-refractivity contribution in [1.82, 2.24) is 4.98 Å². The molecule has 16 heavy (non-hydrogen) atoms. The highest BCUT2D eigenvalue weighted by Gasteiger charge is 2.08. The van der Waals surface area contributed by atoms with Crippen molar-refractivity contribution in [2.45, 2.75) is 6.92 Å². The van der Waals surface area contributed by atoms with Gasteiger partial charge in [-0.1, -0.05) is 11.6 Å². The first-order chi connectivity index (χ1) is 7.58. The van der Waals surface area contributed by atoms with Crippen LogP contribution in [0.5, 0.6) is 0 Å². The van der Waals surface area contributed by atoms with Crippen LogP contribution in [0.15, 0.2) is 30.5 Å². The summed E-state index contributed by atoms with van der Waals surface area (Å²) in [6.45, 7) is 1.63.